The summed E-state index contributed by atoms with van der Waals surface area (Å²) < 4.78 is 5.72. The topological polar surface area (TPSA) is 29.5 Å². The lowest BCUT2D eigenvalue weighted by Crippen LogP contribution is -2.46. The first-order chi connectivity index (χ1) is 9.05. The molecule has 19 heavy (non-hydrogen) atoms. The molecule has 0 spiro atoms. The Kier molecular flexibility index (Phi) is 4.64. The lowest BCUT2D eigenvalue weighted by molar-refractivity contribution is -0.122. The molecule has 1 aliphatic rings. The van der Waals surface area contributed by atoms with Crippen molar-refractivity contribution in [1.82, 2.24) is 0 Å². The molecule has 106 valence electrons. The maximum absolute atomic E-state index is 10.6. The number of benzene rings is 1. The first-order valence-corrected chi connectivity index (χ1v) is 7.36. The lowest BCUT2D eigenvalue weighted by atomic mass is 9.78. The van der Waals surface area contributed by atoms with E-state index in [4.69, 9.17) is 4.74 Å². The van der Waals surface area contributed by atoms with Crippen LogP contribution in [0.1, 0.15) is 48.8 Å². The highest BCUT2D eigenvalue weighted by Gasteiger charge is 2.39. The van der Waals surface area contributed by atoms with E-state index in [2.05, 4.69) is 32.0 Å². The summed E-state index contributed by atoms with van der Waals surface area (Å²) in [5, 5.41) is 10.6. The van der Waals surface area contributed by atoms with Crippen LogP contribution in [0.2, 0.25) is 0 Å². The van der Waals surface area contributed by atoms with E-state index in [-0.39, 0.29) is 5.60 Å². The highest BCUT2D eigenvalue weighted by molar-refractivity contribution is 5.29. The number of methoxy groups -OCH3 is 1. The Morgan fingerprint density at radius 1 is 1.11 bits per heavy atom. The molecule has 0 aliphatic heterocycles. The molecular weight excluding hydrogens is 236 g/mol. The molecular formula is C17H26O2. The Morgan fingerprint density at radius 3 is 2.21 bits per heavy atom. The molecule has 1 aliphatic carbocycles. The highest BCUT2D eigenvalue weighted by atomic mass is 16.5. The zero-order valence-electron chi connectivity index (χ0n) is 12.4. The van der Waals surface area contributed by atoms with Gasteiger partial charge < -0.3 is 9.84 Å². The van der Waals surface area contributed by atoms with Crippen LogP contribution in [-0.4, -0.2) is 23.9 Å². The monoisotopic (exact) mass is 262 g/mol. The number of aliphatic hydroxyl groups excluding tert-OH is 1. The Hall–Kier alpha value is -0.860. The molecule has 0 heterocycles. The van der Waals surface area contributed by atoms with Crippen molar-refractivity contribution in [2.24, 2.45) is 0 Å². The fourth-order valence-corrected chi connectivity index (χ4v) is 3.42. The molecule has 0 radical (unpaired) electrons. The van der Waals surface area contributed by atoms with E-state index in [0.29, 0.717) is 6.42 Å². The largest absolute Gasteiger partial charge is 0.390 e. The molecule has 0 saturated heterocycles. The minimum atomic E-state index is -0.404. The van der Waals surface area contributed by atoms with Gasteiger partial charge in [0.05, 0.1) is 11.7 Å². The molecule has 1 atom stereocenters. The van der Waals surface area contributed by atoms with Gasteiger partial charge >= 0.3 is 0 Å². The summed E-state index contributed by atoms with van der Waals surface area (Å²) >= 11 is 0. The van der Waals surface area contributed by atoms with Gasteiger partial charge in [0.2, 0.25) is 0 Å². The highest BCUT2D eigenvalue weighted by Crippen LogP contribution is 2.35. The van der Waals surface area contributed by atoms with Crippen molar-refractivity contribution < 1.29 is 9.84 Å². The summed E-state index contributed by atoms with van der Waals surface area (Å²) in [6.07, 6.45) is 5.84. The van der Waals surface area contributed by atoms with Crippen LogP contribution in [0.4, 0.5) is 0 Å². The minimum absolute atomic E-state index is 0.324. The van der Waals surface area contributed by atoms with Gasteiger partial charge in [-0.1, -0.05) is 48.6 Å². The van der Waals surface area contributed by atoms with Gasteiger partial charge in [0, 0.05) is 13.5 Å². The van der Waals surface area contributed by atoms with Gasteiger partial charge in [0.1, 0.15) is 0 Å². The van der Waals surface area contributed by atoms with Gasteiger partial charge in [-0.15, -0.1) is 0 Å². The standard InChI is InChI=1S/C17H26O2/c1-13-9-14(2)11-15(10-13)12-16(18)17(19-3)7-5-4-6-8-17/h9-11,16,18H,4-8,12H2,1-3H3. The molecule has 0 amide bonds. The van der Waals surface area contributed by atoms with Crippen LogP contribution >= 0.6 is 0 Å². The summed E-state index contributed by atoms with van der Waals surface area (Å²) in [6.45, 7) is 4.21. The second kappa shape index (κ2) is 6.06. The molecule has 2 rings (SSSR count). The molecule has 1 aromatic rings. The van der Waals surface area contributed by atoms with E-state index < -0.39 is 6.10 Å². The molecule has 1 saturated carbocycles. The lowest BCUT2D eigenvalue weighted by Gasteiger charge is -2.40. The summed E-state index contributed by atoms with van der Waals surface area (Å²) in [4.78, 5) is 0. The van der Waals surface area contributed by atoms with Gasteiger partial charge in [-0.2, -0.15) is 0 Å². The fourth-order valence-electron chi connectivity index (χ4n) is 3.42. The maximum Gasteiger partial charge on any atom is 0.0939 e. The molecule has 0 bridgehead atoms. The molecule has 2 heteroatoms. The summed E-state index contributed by atoms with van der Waals surface area (Å²) in [6, 6.07) is 6.51. The van der Waals surface area contributed by atoms with E-state index in [1.807, 2.05) is 0 Å². The van der Waals surface area contributed by atoms with Crippen LogP contribution in [0.5, 0.6) is 0 Å². The third-order valence-electron chi connectivity index (χ3n) is 4.42. The van der Waals surface area contributed by atoms with Crippen molar-refractivity contribution in [2.45, 2.75) is 64.1 Å². The van der Waals surface area contributed by atoms with Crippen molar-refractivity contribution in [3.63, 3.8) is 0 Å². The smallest absolute Gasteiger partial charge is 0.0939 e. The van der Waals surface area contributed by atoms with E-state index in [1.54, 1.807) is 7.11 Å². The number of ether oxygens (including phenoxy) is 1. The first kappa shape index (κ1) is 14.5. The molecule has 0 aromatic heterocycles. The number of hydrogen-bond acceptors (Lipinski definition) is 2. The van der Waals surface area contributed by atoms with Crippen LogP contribution < -0.4 is 0 Å². The van der Waals surface area contributed by atoms with Gasteiger partial charge in [-0.3, -0.25) is 0 Å². The average Bonchev–Trinajstić information content (AvgIpc) is 2.38. The van der Waals surface area contributed by atoms with Gasteiger partial charge in [0.25, 0.3) is 0 Å². The SMILES string of the molecule is COC1(C(O)Cc2cc(C)cc(C)c2)CCCCC1. The second-order valence-electron chi connectivity index (χ2n) is 6.05. The molecule has 2 nitrogen and oxygen atoms in total. The van der Waals surface area contributed by atoms with E-state index in [1.165, 1.54) is 23.1 Å². The average molecular weight is 262 g/mol. The van der Waals surface area contributed by atoms with Crippen molar-refractivity contribution in [3.8, 4) is 0 Å². The predicted octanol–water partition coefficient (Wildman–Crippen LogP) is 3.56. The third-order valence-corrected chi connectivity index (χ3v) is 4.42. The van der Waals surface area contributed by atoms with Crippen LogP contribution in [0, 0.1) is 13.8 Å². The van der Waals surface area contributed by atoms with Crippen molar-refractivity contribution in [2.75, 3.05) is 7.11 Å². The van der Waals surface area contributed by atoms with Crippen LogP contribution in [0.25, 0.3) is 0 Å². The Balaban J connectivity index is 2.12. The van der Waals surface area contributed by atoms with Crippen LogP contribution in [0.15, 0.2) is 18.2 Å². The van der Waals surface area contributed by atoms with Gasteiger partial charge in [-0.25, -0.2) is 0 Å². The third kappa shape index (κ3) is 3.37. The quantitative estimate of drug-likeness (QED) is 0.899. The van der Waals surface area contributed by atoms with Gasteiger partial charge in [-0.05, 0) is 32.3 Å². The van der Waals surface area contributed by atoms with Gasteiger partial charge in [0.15, 0.2) is 0 Å². The number of aryl methyl sites for hydroxylation is 2. The van der Waals surface area contributed by atoms with Crippen molar-refractivity contribution >= 4 is 0 Å². The van der Waals surface area contributed by atoms with Crippen LogP contribution in [0.3, 0.4) is 0 Å². The van der Waals surface area contributed by atoms with E-state index >= 15 is 0 Å². The summed E-state index contributed by atoms with van der Waals surface area (Å²) in [7, 11) is 1.75. The molecule has 1 N–H and O–H groups in total. The molecule has 1 fully saturated rings. The maximum atomic E-state index is 10.6. The fraction of sp³-hybridized carbons (Fsp3) is 0.647. The Bertz CT molecular complexity index is 399. The van der Waals surface area contributed by atoms with Crippen molar-refractivity contribution in [1.29, 1.82) is 0 Å². The summed E-state index contributed by atoms with van der Waals surface area (Å²) in [5.74, 6) is 0. The number of rotatable bonds is 4. The van der Waals surface area contributed by atoms with E-state index in [9.17, 15) is 5.11 Å². The Morgan fingerprint density at radius 2 is 1.68 bits per heavy atom. The van der Waals surface area contributed by atoms with Crippen molar-refractivity contribution in [3.05, 3.63) is 34.9 Å². The normalized spacial score (nSPS) is 20.2. The molecule has 1 aromatic carbocycles. The predicted molar refractivity (Wildman–Crippen MR) is 78.5 cm³/mol. The molecule has 1 unspecified atom stereocenters. The van der Waals surface area contributed by atoms with Crippen LogP contribution in [-0.2, 0) is 11.2 Å². The summed E-state index contributed by atoms with van der Waals surface area (Å²) in [5.41, 5.74) is 3.41. The minimum Gasteiger partial charge on any atom is -0.390 e. The number of aliphatic hydroxyl groups is 1. The van der Waals surface area contributed by atoms with E-state index in [0.717, 1.165) is 25.7 Å². The zero-order valence-corrected chi connectivity index (χ0v) is 12.4. The second-order valence-corrected chi connectivity index (χ2v) is 6.05. The zero-order chi connectivity index (χ0) is 13.9. The first-order valence-electron chi connectivity index (χ1n) is 7.36. The Labute approximate surface area is 116 Å². The number of hydrogen-bond donors (Lipinski definition) is 1.